The molecule has 306 valence electrons. The van der Waals surface area contributed by atoms with Gasteiger partial charge in [0.25, 0.3) is 0 Å². The zero-order valence-electron chi connectivity index (χ0n) is 35.1. The minimum Gasteiger partial charge on any atom is -0.456 e. The Balaban J connectivity index is 0.846. The average Bonchev–Trinajstić information content (AvgIpc) is 4.13. The van der Waals surface area contributed by atoms with Gasteiger partial charge in [0.15, 0.2) is 0 Å². The van der Waals surface area contributed by atoms with Crippen molar-refractivity contribution in [2.75, 3.05) is 0 Å². The van der Waals surface area contributed by atoms with E-state index in [1.807, 2.05) is 30.3 Å². The standard InChI is InChI=1S/C60H32BBrO4/c61-39-21-14-33(15-22-39)34-18-25-55-50(28-34)51-31-37(20-27-56(51)64-55)40-7-3-10-45-44-23-16-38(32-57(44)65-58(40)45)48-29-35(17-24-52(48)62)41-8-4-11-46-47-12-5-9-42(60(47)66-59(41)46)36-19-26-54-49(30-36)43-6-1-2-13-53(43)63-54/h1-32H. The highest BCUT2D eigenvalue weighted by atomic mass is 79.9. The first-order chi connectivity index (χ1) is 32.5. The SMILES string of the molecule is [B]c1ccc(-c2ccc3oc4ccc(-c5cccc6c5oc5cc(-c7cc(-c8cccc9c8oc8c(-c%10ccc%11oc%12ccccc%12c%11c%10)cccc89)ccc7Br)ccc56)cc4c3c2)cc1. The lowest BCUT2D eigenvalue weighted by Gasteiger charge is -2.09. The van der Waals surface area contributed by atoms with Crippen LogP contribution in [-0.2, 0) is 0 Å². The zero-order valence-corrected chi connectivity index (χ0v) is 36.6. The van der Waals surface area contributed by atoms with Crippen molar-refractivity contribution in [1.82, 2.24) is 0 Å². The Bertz CT molecular complexity index is 4320. The Kier molecular flexibility index (Phi) is 8.04. The number of furan rings is 4. The number of hydrogen-bond acceptors (Lipinski definition) is 4. The molecule has 4 aromatic heterocycles. The van der Waals surface area contributed by atoms with Gasteiger partial charge >= 0.3 is 0 Å². The highest BCUT2D eigenvalue weighted by Crippen LogP contribution is 2.45. The molecule has 14 aromatic rings. The maximum absolute atomic E-state index is 6.93. The lowest BCUT2D eigenvalue weighted by atomic mass is 9.93. The predicted molar refractivity (Wildman–Crippen MR) is 276 cm³/mol. The van der Waals surface area contributed by atoms with Crippen LogP contribution in [0, 0.1) is 0 Å². The summed E-state index contributed by atoms with van der Waals surface area (Å²) >= 11 is 3.90. The summed E-state index contributed by atoms with van der Waals surface area (Å²) in [6.07, 6.45) is 0. The lowest BCUT2D eigenvalue weighted by molar-refractivity contribution is 0.668. The first-order valence-corrected chi connectivity index (χ1v) is 22.7. The number of fused-ring (bicyclic) bond motifs is 12. The number of para-hydroxylation sites is 4. The van der Waals surface area contributed by atoms with Crippen LogP contribution >= 0.6 is 15.9 Å². The second-order valence-electron chi connectivity index (χ2n) is 17.1. The summed E-state index contributed by atoms with van der Waals surface area (Å²) in [6, 6.07) is 67.5. The quantitative estimate of drug-likeness (QED) is 0.161. The molecule has 0 aliphatic rings. The van der Waals surface area contributed by atoms with Crippen LogP contribution < -0.4 is 5.46 Å². The smallest absolute Gasteiger partial charge is 0.143 e. The molecule has 0 bridgehead atoms. The van der Waals surface area contributed by atoms with Crippen LogP contribution in [0.2, 0.25) is 0 Å². The minimum atomic E-state index is 0.745. The van der Waals surface area contributed by atoms with Gasteiger partial charge in [-0.1, -0.05) is 149 Å². The molecule has 0 unspecified atom stereocenters. The summed E-state index contributed by atoms with van der Waals surface area (Å²) in [6.45, 7) is 0. The summed E-state index contributed by atoms with van der Waals surface area (Å²) in [4.78, 5) is 0. The Morgan fingerprint density at radius 1 is 0.273 bits per heavy atom. The average molecular weight is 908 g/mol. The van der Waals surface area contributed by atoms with Crippen molar-refractivity contribution < 1.29 is 17.7 Å². The molecular formula is C60H32BBrO4. The van der Waals surface area contributed by atoms with Crippen LogP contribution in [0.1, 0.15) is 0 Å². The summed E-state index contributed by atoms with van der Waals surface area (Å²) in [5, 5.41) is 8.60. The number of hydrogen-bond donors (Lipinski definition) is 0. The highest BCUT2D eigenvalue weighted by molar-refractivity contribution is 9.10. The summed E-state index contributed by atoms with van der Waals surface area (Å²) in [5.41, 5.74) is 18.2. The van der Waals surface area contributed by atoms with Crippen LogP contribution in [-0.4, -0.2) is 7.85 Å². The van der Waals surface area contributed by atoms with Gasteiger partial charge in [-0.15, -0.1) is 0 Å². The predicted octanol–water partition coefficient (Wildman–Crippen LogP) is 17.2. The second kappa shape index (κ2) is 14.2. The molecular weight excluding hydrogens is 875 g/mol. The van der Waals surface area contributed by atoms with Gasteiger partial charge in [-0.2, -0.15) is 0 Å². The topological polar surface area (TPSA) is 52.6 Å². The van der Waals surface area contributed by atoms with Crippen LogP contribution in [0.25, 0.3) is 143 Å². The summed E-state index contributed by atoms with van der Waals surface area (Å²) < 4.78 is 27.2. The molecule has 0 N–H and O–H groups in total. The lowest BCUT2D eigenvalue weighted by Crippen LogP contribution is -1.98. The zero-order chi connectivity index (χ0) is 43.6. The molecule has 0 fully saturated rings. The number of benzene rings is 10. The number of rotatable bonds is 5. The third-order valence-corrected chi connectivity index (χ3v) is 14.0. The highest BCUT2D eigenvalue weighted by Gasteiger charge is 2.20. The molecule has 0 saturated carbocycles. The Morgan fingerprint density at radius 3 is 1.36 bits per heavy atom. The van der Waals surface area contributed by atoms with E-state index in [2.05, 4.69) is 180 Å². The van der Waals surface area contributed by atoms with E-state index in [4.69, 9.17) is 25.5 Å². The van der Waals surface area contributed by atoms with Crippen LogP contribution in [0.5, 0.6) is 0 Å². The van der Waals surface area contributed by atoms with Gasteiger partial charge in [-0.25, -0.2) is 0 Å². The van der Waals surface area contributed by atoms with Crippen LogP contribution in [0.4, 0.5) is 0 Å². The summed E-state index contributed by atoms with van der Waals surface area (Å²) in [7, 11) is 5.98. The molecule has 4 nitrogen and oxygen atoms in total. The monoisotopic (exact) mass is 906 g/mol. The van der Waals surface area contributed by atoms with Crippen LogP contribution in [0.3, 0.4) is 0 Å². The third kappa shape index (κ3) is 5.71. The summed E-state index contributed by atoms with van der Waals surface area (Å²) in [5.74, 6) is 0. The molecule has 2 radical (unpaired) electrons. The molecule has 10 aromatic carbocycles. The van der Waals surface area contributed by atoms with E-state index >= 15 is 0 Å². The van der Waals surface area contributed by atoms with Gasteiger partial charge in [-0.3, -0.25) is 0 Å². The van der Waals surface area contributed by atoms with E-state index in [1.54, 1.807) is 0 Å². The van der Waals surface area contributed by atoms with Gasteiger partial charge in [0.2, 0.25) is 0 Å². The van der Waals surface area contributed by atoms with E-state index in [0.717, 1.165) is 153 Å². The van der Waals surface area contributed by atoms with Crippen LogP contribution in [0.15, 0.2) is 216 Å². The molecule has 0 atom stereocenters. The van der Waals surface area contributed by atoms with E-state index in [1.165, 1.54) is 0 Å². The molecule has 14 rings (SSSR count). The van der Waals surface area contributed by atoms with Gasteiger partial charge < -0.3 is 17.7 Å². The van der Waals surface area contributed by atoms with Crippen molar-refractivity contribution in [3.8, 4) is 55.6 Å². The van der Waals surface area contributed by atoms with E-state index in [9.17, 15) is 0 Å². The maximum atomic E-state index is 6.93. The molecule has 4 heterocycles. The van der Waals surface area contributed by atoms with Gasteiger partial charge in [0.05, 0.1) is 0 Å². The Morgan fingerprint density at radius 2 is 0.712 bits per heavy atom. The van der Waals surface area contributed by atoms with E-state index in [0.29, 0.717) is 0 Å². The third-order valence-electron chi connectivity index (χ3n) is 13.3. The van der Waals surface area contributed by atoms with Gasteiger partial charge in [-0.05, 0) is 106 Å². The van der Waals surface area contributed by atoms with Gasteiger partial charge in [0.1, 0.15) is 52.5 Å². The molecule has 0 saturated heterocycles. The first kappa shape index (κ1) is 37.3. The van der Waals surface area contributed by atoms with Crippen molar-refractivity contribution in [3.63, 3.8) is 0 Å². The maximum Gasteiger partial charge on any atom is 0.143 e. The fourth-order valence-corrected chi connectivity index (χ4v) is 10.6. The first-order valence-electron chi connectivity index (χ1n) is 21.9. The normalized spacial score (nSPS) is 12.1. The van der Waals surface area contributed by atoms with Crippen molar-refractivity contribution in [2.24, 2.45) is 0 Å². The van der Waals surface area contributed by atoms with Crippen molar-refractivity contribution in [1.29, 1.82) is 0 Å². The molecule has 0 amide bonds. The van der Waals surface area contributed by atoms with Crippen molar-refractivity contribution in [2.45, 2.75) is 0 Å². The second-order valence-corrected chi connectivity index (χ2v) is 18.0. The van der Waals surface area contributed by atoms with Gasteiger partial charge in [0, 0.05) is 64.3 Å². The minimum absolute atomic E-state index is 0.745. The molecule has 0 aliphatic carbocycles. The van der Waals surface area contributed by atoms with Crippen molar-refractivity contribution >= 4 is 117 Å². The fourth-order valence-electron chi connectivity index (χ4n) is 10.1. The number of halogens is 1. The molecule has 66 heavy (non-hydrogen) atoms. The van der Waals surface area contributed by atoms with E-state index in [-0.39, 0.29) is 0 Å². The van der Waals surface area contributed by atoms with E-state index < -0.39 is 0 Å². The Hall–Kier alpha value is -8.06. The van der Waals surface area contributed by atoms with Crippen molar-refractivity contribution in [3.05, 3.63) is 199 Å². The molecule has 0 aliphatic heterocycles. The fraction of sp³-hybridized carbons (Fsp3) is 0. The Labute approximate surface area is 386 Å². The largest absolute Gasteiger partial charge is 0.456 e. The molecule has 0 spiro atoms. The molecule has 6 heteroatoms.